The van der Waals surface area contributed by atoms with Gasteiger partial charge in [0, 0.05) is 37.3 Å². The van der Waals surface area contributed by atoms with Gasteiger partial charge in [0.25, 0.3) is 5.69 Å². The molecule has 0 saturated carbocycles. The van der Waals surface area contributed by atoms with Crippen LogP contribution < -0.4 is 4.90 Å². The SMILES string of the molecule is [CH]c1cc(N2CCCCC2)ccc1[N+](=O)[O-]. The lowest BCUT2D eigenvalue weighted by Gasteiger charge is -2.28. The lowest BCUT2D eigenvalue weighted by Crippen LogP contribution is -2.29. The molecule has 2 rings (SSSR count). The van der Waals surface area contributed by atoms with Gasteiger partial charge in [0.1, 0.15) is 0 Å². The van der Waals surface area contributed by atoms with Crippen LogP contribution in [0.4, 0.5) is 11.4 Å². The van der Waals surface area contributed by atoms with E-state index in [9.17, 15) is 10.1 Å². The average molecular weight is 218 g/mol. The van der Waals surface area contributed by atoms with Crippen LogP contribution in [0.25, 0.3) is 0 Å². The maximum atomic E-state index is 10.6. The second-order valence-corrected chi connectivity index (χ2v) is 4.05. The van der Waals surface area contributed by atoms with E-state index in [0.29, 0.717) is 0 Å². The third-order valence-electron chi connectivity index (χ3n) is 2.93. The first-order valence-corrected chi connectivity index (χ1v) is 5.47. The van der Waals surface area contributed by atoms with Gasteiger partial charge in [-0.15, -0.1) is 0 Å². The van der Waals surface area contributed by atoms with E-state index in [0.717, 1.165) is 18.8 Å². The van der Waals surface area contributed by atoms with Crippen molar-refractivity contribution in [1.29, 1.82) is 0 Å². The monoisotopic (exact) mass is 218 g/mol. The van der Waals surface area contributed by atoms with Crippen LogP contribution in [0.1, 0.15) is 24.8 Å². The molecule has 0 N–H and O–H groups in total. The van der Waals surface area contributed by atoms with Gasteiger partial charge in [0.05, 0.1) is 4.92 Å². The standard InChI is InChI=1S/C12H14N2O2/c1-10-9-11(5-6-12(10)14(15)16)13-7-3-2-4-8-13/h1,5-6,9H,2-4,7-8H2. The van der Waals surface area contributed by atoms with Crippen molar-refractivity contribution in [1.82, 2.24) is 0 Å². The number of nitro benzene ring substituents is 1. The molecule has 1 aromatic rings. The van der Waals surface area contributed by atoms with Crippen LogP contribution in [0.5, 0.6) is 0 Å². The van der Waals surface area contributed by atoms with Gasteiger partial charge >= 0.3 is 0 Å². The lowest BCUT2D eigenvalue weighted by molar-refractivity contribution is -0.385. The Balaban J connectivity index is 2.23. The quantitative estimate of drug-likeness (QED) is 0.566. The summed E-state index contributed by atoms with van der Waals surface area (Å²) in [5, 5.41) is 10.6. The average Bonchev–Trinajstić information content (AvgIpc) is 2.29. The molecule has 0 amide bonds. The Kier molecular flexibility index (Phi) is 3.08. The molecule has 1 aromatic carbocycles. The van der Waals surface area contributed by atoms with Crippen LogP contribution in [0.15, 0.2) is 18.2 Å². The molecule has 0 spiro atoms. The number of benzene rings is 1. The van der Waals surface area contributed by atoms with Crippen molar-refractivity contribution in [2.45, 2.75) is 19.3 Å². The third-order valence-corrected chi connectivity index (χ3v) is 2.93. The number of nitro groups is 1. The van der Waals surface area contributed by atoms with Crippen LogP contribution >= 0.6 is 0 Å². The minimum Gasteiger partial charge on any atom is -0.372 e. The molecule has 2 radical (unpaired) electrons. The number of anilines is 1. The van der Waals surface area contributed by atoms with Crippen LogP contribution in [0.3, 0.4) is 0 Å². The number of hydrogen-bond acceptors (Lipinski definition) is 3. The summed E-state index contributed by atoms with van der Waals surface area (Å²) in [4.78, 5) is 12.4. The fraction of sp³-hybridized carbons (Fsp3) is 0.417. The van der Waals surface area contributed by atoms with E-state index in [1.165, 1.54) is 25.3 Å². The van der Waals surface area contributed by atoms with Gasteiger partial charge in [-0.05, 0) is 31.4 Å². The van der Waals surface area contributed by atoms with Gasteiger partial charge in [-0.25, -0.2) is 0 Å². The van der Waals surface area contributed by atoms with Gasteiger partial charge in [-0.2, -0.15) is 0 Å². The molecular weight excluding hydrogens is 204 g/mol. The van der Waals surface area contributed by atoms with Gasteiger partial charge in [-0.3, -0.25) is 10.1 Å². The molecule has 1 heterocycles. The van der Waals surface area contributed by atoms with Gasteiger partial charge in [0.2, 0.25) is 0 Å². The predicted octanol–water partition coefficient (Wildman–Crippen LogP) is 2.64. The Labute approximate surface area is 95.0 Å². The molecular formula is C12H14N2O2. The Morgan fingerprint density at radius 2 is 1.94 bits per heavy atom. The molecule has 84 valence electrons. The van der Waals surface area contributed by atoms with Crippen LogP contribution in [-0.2, 0) is 0 Å². The van der Waals surface area contributed by atoms with E-state index in [2.05, 4.69) is 4.90 Å². The second-order valence-electron chi connectivity index (χ2n) is 4.05. The Bertz CT molecular complexity index is 398. The first-order valence-electron chi connectivity index (χ1n) is 5.47. The third kappa shape index (κ3) is 2.15. The molecule has 0 unspecified atom stereocenters. The molecule has 1 fully saturated rings. The summed E-state index contributed by atoms with van der Waals surface area (Å²) < 4.78 is 0. The fourth-order valence-corrected chi connectivity index (χ4v) is 2.06. The molecule has 0 atom stereocenters. The minimum absolute atomic E-state index is 0.0132. The first-order chi connectivity index (χ1) is 7.68. The van der Waals surface area contributed by atoms with Gasteiger partial charge in [0.15, 0.2) is 0 Å². The highest BCUT2D eigenvalue weighted by Crippen LogP contribution is 2.26. The first kappa shape index (κ1) is 10.9. The highest BCUT2D eigenvalue weighted by molar-refractivity contribution is 5.56. The predicted molar refractivity (Wildman–Crippen MR) is 62.6 cm³/mol. The summed E-state index contributed by atoms with van der Waals surface area (Å²) in [6.07, 6.45) is 3.62. The Hall–Kier alpha value is -1.58. The van der Waals surface area contributed by atoms with E-state index < -0.39 is 4.92 Å². The second kappa shape index (κ2) is 4.51. The van der Waals surface area contributed by atoms with Crippen LogP contribution in [0, 0.1) is 17.0 Å². The van der Waals surface area contributed by atoms with E-state index in [1.807, 2.05) is 0 Å². The zero-order chi connectivity index (χ0) is 11.5. The van der Waals surface area contributed by atoms with E-state index in [1.54, 1.807) is 12.1 Å². The molecule has 0 bridgehead atoms. The largest absolute Gasteiger partial charge is 0.372 e. The van der Waals surface area contributed by atoms with Crippen molar-refractivity contribution in [3.05, 3.63) is 40.8 Å². The lowest BCUT2D eigenvalue weighted by atomic mass is 10.1. The van der Waals surface area contributed by atoms with Gasteiger partial charge < -0.3 is 4.90 Å². The number of hydrogen-bond donors (Lipinski definition) is 0. The molecule has 1 aliphatic heterocycles. The Morgan fingerprint density at radius 1 is 1.25 bits per heavy atom. The van der Waals surface area contributed by atoms with Crippen LogP contribution in [0.2, 0.25) is 0 Å². The fourth-order valence-electron chi connectivity index (χ4n) is 2.06. The van der Waals surface area contributed by atoms with Crippen molar-refractivity contribution < 1.29 is 4.92 Å². The van der Waals surface area contributed by atoms with Crippen molar-refractivity contribution in [3.8, 4) is 0 Å². The molecule has 16 heavy (non-hydrogen) atoms. The molecule has 1 saturated heterocycles. The Morgan fingerprint density at radius 3 is 2.50 bits per heavy atom. The highest BCUT2D eigenvalue weighted by Gasteiger charge is 2.15. The van der Waals surface area contributed by atoms with Crippen molar-refractivity contribution in [2.75, 3.05) is 18.0 Å². The van der Waals surface area contributed by atoms with Crippen molar-refractivity contribution >= 4 is 11.4 Å². The highest BCUT2D eigenvalue weighted by atomic mass is 16.6. The summed E-state index contributed by atoms with van der Waals surface area (Å²) in [5.74, 6) is 0. The van der Waals surface area contributed by atoms with E-state index in [-0.39, 0.29) is 11.3 Å². The summed E-state index contributed by atoms with van der Waals surface area (Å²) in [6, 6.07) is 4.96. The van der Waals surface area contributed by atoms with Crippen molar-refractivity contribution in [3.63, 3.8) is 0 Å². The molecule has 1 aliphatic rings. The molecule has 4 nitrogen and oxygen atoms in total. The summed E-state index contributed by atoms with van der Waals surface area (Å²) in [5.41, 5.74) is 1.22. The minimum atomic E-state index is -0.449. The topological polar surface area (TPSA) is 46.4 Å². The normalized spacial score (nSPS) is 16.2. The molecule has 4 heteroatoms. The number of rotatable bonds is 2. The maximum absolute atomic E-state index is 10.6. The number of nitrogens with zero attached hydrogens (tertiary/aromatic N) is 2. The zero-order valence-corrected chi connectivity index (χ0v) is 9.06. The van der Waals surface area contributed by atoms with Crippen LogP contribution in [-0.4, -0.2) is 18.0 Å². The molecule has 0 aromatic heterocycles. The zero-order valence-electron chi connectivity index (χ0n) is 9.06. The smallest absolute Gasteiger partial charge is 0.273 e. The van der Waals surface area contributed by atoms with Crippen molar-refractivity contribution in [2.24, 2.45) is 0 Å². The summed E-state index contributed by atoms with van der Waals surface area (Å²) in [7, 11) is 0. The van der Waals surface area contributed by atoms with E-state index >= 15 is 0 Å². The summed E-state index contributed by atoms with van der Waals surface area (Å²) in [6.45, 7) is 7.68. The van der Waals surface area contributed by atoms with E-state index in [4.69, 9.17) is 6.92 Å². The summed E-state index contributed by atoms with van der Waals surface area (Å²) >= 11 is 0. The number of piperidine rings is 1. The molecule has 0 aliphatic carbocycles. The van der Waals surface area contributed by atoms with Gasteiger partial charge in [-0.1, -0.05) is 0 Å². The maximum Gasteiger partial charge on any atom is 0.273 e.